The van der Waals surface area contributed by atoms with E-state index in [4.69, 9.17) is 0 Å². The van der Waals surface area contributed by atoms with Crippen LogP contribution in [0.5, 0.6) is 0 Å². The van der Waals surface area contributed by atoms with Gasteiger partial charge in [-0.25, -0.2) is 0 Å². The summed E-state index contributed by atoms with van der Waals surface area (Å²) >= 11 is -4.89. The van der Waals surface area contributed by atoms with Crippen LogP contribution in [-0.2, 0) is 0 Å². The average Bonchev–Trinajstić information content (AvgIpc) is 3.59. The number of rotatable bonds is 5. The van der Waals surface area contributed by atoms with Crippen molar-refractivity contribution in [2.24, 2.45) is 0 Å². The predicted molar refractivity (Wildman–Crippen MR) is 238 cm³/mol. The Morgan fingerprint density at radius 1 is 0.222 bits per heavy atom. The summed E-state index contributed by atoms with van der Waals surface area (Å²) in [4.78, 5) is 0. The molecule has 0 spiro atoms. The van der Waals surface area contributed by atoms with Crippen molar-refractivity contribution in [2.45, 2.75) is 23.0 Å². The van der Waals surface area contributed by atoms with Crippen LogP contribution in [0.1, 0.15) is 0 Å². The zero-order chi connectivity index (χ0) is 36.6. The van der Waals surface area contributed by atoms with Gasteiger partial charge in [-0.1, -0.05) is 0 Å². The topological polar surface area (TPSA) is 0 Å². The van der Waals surface area contributed by atoms with Gasteiger partial charge in [0.05, 0.1) is 0 Å². The summed E-state index contributed by atoms with van der Waals surface area (Å²) in [6.45, 7) is 0. The molecule has 0 bridgehead atoms. The van der Waals surface area contributed by atoms with Gasteiger partial charge in [0.25, 0.3) is 0 Å². The van der Waals surface area contributed by atoms with E-state index in [9.17, 15) is 0 Å². The molecular formula is C52H42Ge2. The van der Waals surface area contributed by atoms with Gasteiger partial charge in [-0.05, 0) is 0 Å². The van der Waals surface area contributed by atoms with Crippen LogP contribution in [0.4, 0.5) is 0 Å². The second-order valence-corrected chi connectivity index (χ2v) is 34.3. The van der Waals surface area contributed by atoms with E-state index in [1.165, 1.54) is 77.9 Å². The quantitative estimate of drug-likeness (QED) is 0.152. The molecule has 0 aliphatic carbocycles. The molecule has 258 valence electrons. The van der Waals surface area contributed by atoms with Crippen LogP contribution < -0.4 is 17.6 Å². The van der Waals surface area contributed by atoms with E-state index in [1.54, 1.807) is 17.6 Å². The molecule has 0 saturated carbocycles. The van der Waals surface area contributed by atoms with Crippen molar-refractivity contribution in [2.75, 3.05) is 0 Å². The van der Waals surface area contributed by atoms with Crippen LogP contribution in [0.15, 0.2) is 182 Å². The molecule has 2 heteroatoms. The van der Waals surface area contributed by atoms with Crippen molar-refractivity contribution >= 4 is 44.1 Å². The minimum atomic E-state index is -2.45. The summed E-state index contributed by atoms with van der Waals surface area (Å²) in [5, 5.41) is 0. The van der Waals surface area contributed by atoms with Gasteiger partial charge < -0.3 is 0 Å². The molecule has 0 radical (unpaired) electrons. The third kappa shape index (κ3) is 5.41. The summed E-state index contributed by atoms with van der Waals surface area (Å²) in [6.07, 6.45) is 0. The van der Waals surface area contributed by atoms with Crippen LogP contribution in [0, 0.1) is 0 Å². The summed E-state index contributed by atoms with van der Waals surface area (Å²) < 4.78 is 6.34. The Balaban J connectivity index is 1.12. The molecule has 8 aromatic carbocycles. The fraction of sp³-hybridized carbons (Fsp3) is 0.0769. The molecular weight excluding hydrogens is 770 g/mol. The molecule has 2 aliphatic rings. The van der Waals surface area contributed by atoms with Gasteiger partial charge in [-0.3, -0.25) is 0 Å². The van der Waals surface area contributed by atoms with Crippen molar-refractivity contribution < 1.29 is 0 Å². The molecule has 0 amide bonds. The molecule has 8 aromatic rings. The third-order valence-electron chi connectivity index (χ3n) is 12.3. The van der Waals surface area contributed by atoms with Crippen molar-refractivity contribution in [3.8, 4) is 77.9 Å². The fourth-order valence-electron chi connectivity index (χ4n) is 9.28. The minimum absolute atomic E-state index is 1.24. The first-order valence-corrected chi connectivity index (χ1v) is 31.8. The van der Waals surface area contributed by atoms with E-state index < -0.39 is 26.5 Å². The zero-order valence-corrected chi connectivity index (χ0v) is 35.5. The van der Waals surface area contributed by atoms with Gasteiger partial charge in [-0.2, -0.15) is 0 Å². The van der Waals surface area contributed by atoms with Gasteiger partial charge in [0, 0.05) is 0 Å². The molecule has 0 atom stereocenters. The molecule has 2 heterocycles. The number of fused-ring (bicyclic) bond motifs is 6. The van der Waals surface area contributed by atoms with Gasteiger partial charge in [0.15, 0.2) is 0 Å². The Bertz CT molecular complexity index is 2570. The van der Waals surface area contributed by atoms with Crippen LogP contribution in [-0.4, -0.2) is 26.5 Å². The second kappa shape index (κ2) is 12.7. The molecule has 0 aromatic heterocycles. The molecule has 54 heavy (non-hydrogen) atoms. The Kier molecular flexibility index (Phi) is 7.87. The summed E-state index contributed by atoms with van der Waals surface area (Å²) in [6, 6.07) is 68.9. The van der Waals surface area contributed by atoms with Crippen molar-refractivity contribution in [1.29, 1.82) is 0 Å². The van der Waals surface area contributed by atoms with E-state index in [2.05, 4.69) is 205 Å². The summed E-state index contributed by atoms with van der Waals surface area (Å²) in [5.41, 5.74) is 18.4. The van der Waals surface area contributed by atoms with E-state index in [1.807, 2.05) is 0 Å². The molecule has 2 aliphatic heterocycles. The first-order valence-electron chi connectivity index (χ1n) is 19.2. The maximum atomic E-state index is 2.56. The number of hydrogen-bond donors (Lipinski definition) is 0. The average molecular weight is 812 g/mol. The Hall–Kier alpha value is -5.15. The molecule has 0 fully saturated rings. The summed E-state index contributed by atoms with van der Waals surface area (Å²) in [7, 11) is 0. The van der Waals surface area contributed by atoms with E-state index >= 15 is 0 Å². The molecule has 10 rings (SSSR count). The van der Waals surface area contributed by atoms with Gasteiger partial charge in [0.1, 0.15) is 0 Å². The van der Waals surface area contributed by atoms with Crippen molar-refractivity contribution in [3.05, 3.63) is 182 Å². The van der Waals surface area contributed by atoms with Crippen molar-refractivity contribution in [3.63, 3.8) is 0 Å². The zero-order valence-electron chi connectivity index (χ0n) is 31.3. The SMILES string of the molecule is [CH3][Ge]1([CH3])[c]2ccc(-c3ccccc3)cc2-c2cc(-c3cc(-c4ccccc4)cc(-c4cc[c]5c(c4)-c4cc(-c6ccccc6)cc[c]4[Ge]5([CH3])[CH3])c3)cc[c]21. The van der Waals surface area contributed by atoms with Crippen LogP contribution in [0.3, 0.4) is 0 Å². The fourth-order valence-corrected chi connectivity index (χ4v) is 22.1. The number of hydrogen-bond acceptors (Lipinski definition) is 0. The first kappa shape index (κ1) is 33.4. The molecule has 0 unspecified atom stereocenters. The Morgan fingerprint density at radius 3 is 0.759 bits per heavy atom. The third-order valence-corrected chi connectivity index (χ3v) is 27.2. The maximum absolute atomic E-state index is 2.56. The standard InChI is InChI=1S/C52H42Ge2/c1-53(2)49-24-20-38(35-14-8-5-9-15-35)31-45(49)47-33-40(22-26-51(47)53)43-28-42(37-18-12-7-13-19-37)29-44(30-43)41-23-27-52-48(34-41)46-32-39(36-16-10-6-11-17-36)21-25-50(46)54(52,3)4/h5-34H,1-4H3. The van der Waals surface area contributed by atoms with Gasteiger partial charge in [0.2, 0.25) is 0 Å². The van der Waals surface area contributed by atoms with E-state index in [0.717, 1.165) is 0 Å². The molecule has 0 N–H and O–H groups in total. The van der Waals surface area contributed by atoms with Crippen LogP contribution in [0.25, 0.3) is 77.9 Å². The van der Waals surface area contributed by atoms with Crippen molar-refractivity contribution in [1.82, 2.24) is 0 Å². The van der Waals surface area contributed by atoms with Gasteiger partial charge in [-0.15, -0.1) is 0 Å². The van der Waals surface area contributed by atoms with E-state index in [-0.39, 0.29) is 0 Å². The van der Waals surface area contributed by atoms with Gasteiger partial charge >= 0.3 is 327 Å². The monoisotopic (exact) mass is 814 g/mol. The second-order valence-electron chi connectivity index (χ2n) is 16.2. The normalized spacial score (nSPS) is 14.2. The molecule has 0 nitrogen and oxygen atoms in total. The van der Waals surface area contributed by atoms with Crippen LogP contribution in [0.2, 0.25) is 23.0 Å². The van der Waals surface area contributed by atoms with E-state index in [0.29, 0.717) is 0 Å². The molecule has 0 saturated heterocycles. The predicted octanol–water partition coefficient (Wildman–Crippen LogP) is 11.6. The van der Waals surface area contributed by atoms with Crippen LogP contribution >= 0.6 is 0 Å². The number of benzene rings is 8. The Labute approximate surface area is 324 Å². The Morgan fingerprint density at radius 2 is 0.463 bits per heavy atom. The summed E-state index contributed by atoms with van der Waals surface area (Å²) in [5.74, 6) is 10.2. The first-order chi connectivity index (χ1) is 26.3.